The van der Waals surface area contributed by atoms with E-state index in [9.17, 15) is 4.79 Å². The summed E-state index contributed by atoms with van der Waals surface area (Å²) in [7, 11) is 0. The van der Waals surface area contributed by atoms with Crippen molar-refractivity contribution in [3.8, 4) is 0 Å². The molecule has 0 saturated carbocycles. The maximum Gasteiger partial charge on any atom is 0.236 e. The molecule has 0 aliphatic rings. The summed E-state index contributed by atoms with van der Waals surface area (Å²) in [5.74, 6) is -0.241. The number of nitrogens with one attached hydrogen (secondary N) is 1. The summed E-state index contributed by atoms with van der Waals surface area (Å²) in [5, 5.41) is 11.9. The van der Waals surface area contributed by atoms with E-state index in [4.69, 9.17) is 10.8 Å². The fraction of sp³-hybridized carbons (Fsp3) is 0.417. The maximum atomic E-state index is 11.4. The van der Waals surface area contributed by atoms with E-state index >= 15 is 0 Å². The summed E-state index contributed by atoms with van der Waals surface area (Å²) in [6.45, 7) is 1.53. The zero-order valence-electron chi connectivity index (χ0n) is 9.39. The van der Waals surface area contributed by atoms with Crippen LogP contribution in [-0.4, -0.2) is 29.7 Å². The number of aliphatic hydroxyl groups is 1. The summed E-state index contributed by atoms with van der Waals surface area (Å²) in [6.07, 6.45) is 0.607. The Hall–Kier alpha value is -1.39. The van der Waals surface area contributed by atoms with Crippen LogP contribution in [0.3, 0.4) is 0 Å². The van der Waals surface area contributed by atoms with Crippen molar-refractivity contribution in [2.75, 3.05) is 6.61 Å². The van der Waals surface area contributed by atoms with Crippen molar-refractivity contribution in [3.63, 3.8) is 0 Å². The van der Waals surface area contributed by atoms with Crippen LogP contribution in [0.4, 0.5) is 0 Å². The van der Waals surface area contributed by atoms with Crippen molar-refractivity contribution in [1.82, 2.24) is 5.32 Å². The topological polar surface area (TPSA) is 75.4 Å². The molecular formula is C12H18N2O2. The van der Waals surface area contributed by atoms with Gasteiger partial charge in [-0.05, 0) is 18.9 Å². The molecule has 0 radical (unpaired) electrons. The summed E-state index contributed by atoms with van der Waals surface area (Å²) < 4.78 is 0. The minimum Gasteiger partial charge on any atom is -0.394 e. The van der Waals surface area contributed by atoms with Gasteiger partial charge in [0.05, 0.1) is 18.7 Å². The van der Waals surface area contributed by atoms with Crippen molar-refractivity contribution in [1.29, 1.82) is 0 Å². The van der Waals surface area contributed by atoms with Gasteiger partial charge in [0, 0.05) is 0 Å². The van der Waals surface area contributed by atoms with E-state index < -0.39 is 6.04 Å². The Bertz CT molecular complexity index is 325. The smallest absolute Gasteiger partial charge is 0.236 e. The molecule has 0 heterocycles. The van der Waals surface area contributed by atoms with E-state index in [2.05, 4.69) is 5.32 Å². The van der Waals surface area contributed by atoms with Gasteiger partial charge < -0.3 is 16.2 Å². The number of benzene rings is 1. The molecule has 4 heteroatoms. The lowest BCUT2D eigenvalue weighted by atomic mass is 10.1. The van der Waals surface area contributed by atoms with Gasteiger partial charge in [-0.15, -0.1) is 0 Å². The zero-order chi connectivity index (χ0) is 12.0. The third-order valence-corrected chi connectivity index (χ3v) is 2.31. The lowest BCUT2D eigenvalue weighted by Crippen LogP contribution is -2.46. The molecule has 0 saturated heterocycles. The molecule has 0 aromatic heterocycles. The first-order valence-corrected chi connectivity index (χ1v) is 5.34. The molecule has 0 fully saturated rings. The predicted octanol–water partition coefficient (Wildman–Crippen LogP) is 0.0534. The standard InChI is InChI=1S/C12H18N2O2/c1-9(13)12(16)14-11(8-15)7-10-5-3-2-4-6-10/h2-6,9,11,15H,7-8,13H2,1H3,(H,14,16)/t9-,11+/m0/s1. The Morgan fingerprint density at radius 2 is 2.06 bits per heavy atom. The molecule has 0 bridgehead atoms. The van der Waals surface area contributed by atoms with Crippen LogP contribution in [0.15, 0.2) is 30.3 Å². The quantitative estimate of drug-likeness (QED) is 0.659. The number of nitrogens with two attached hydrogens (primary N) is 1. The zero-order valence-corrected chi connectivity index (χ0v) is 9.39. The van der Waals surface area contributed by atoms with Crippen LogP contribution in [-0.2, 0) is 11.2 Å². The van der Waals surface area contributed by atoms with E-state index in [1.54, 1.807) is 6.92 Å². The highest BCUT2D eigenvalue weighted by molar-refractivity contribution is 5.81. The number of amides is 1. The Labute approximate surface area is 95.5 Å². The van der Waals surface area contributed by atoms with Crippen molar-refractivity contribution < 1.29 is 9.90 Å². The second-order valence-electron chi connectivity index (χ2n) is 3.87. The Morgan fingerprint density at radius 1 is 1.44 bits per heavy atom. The normalized spacial score (nSPS) is 14.2. The van der Waals surface area contributed by atoms with Crippen LogP contribution < -0.4 is 11.1 Å². The Morgan fingerprint density at radius 3 is 2.56 bits per heavy atom. The SMILES string of the molecule is C[C@H](N)C(=O)N[C@@H](CO)Cc1ccccc1. The van der Waals surface area contributed by atoms with Gasteiger partial charge in [-0.1, -0.05) is 30.3 Å². The van der Waals surface area contributed by atoms with Gasteiger partial charge in [0.2, 0.25) is 5.91 Å². The number of carbonyl (C=O) groups is 1. The largest absolute Gasteiger partial charge is 0.394 e. The third kappa shape index (κ3) is 4.00. The summed E-state index contributed by atoms with van der Waals surface area (Å²) in [6, 6.07) is 8.87. The van der Waals surface area contributed by atoms with Crippen LogP contribution in [0.2, 0.25) is 0 Å². The summed E-state index contributed by atoms with van der Waals surface area (Å²) >= 11 is 0. The molecule has 1 amide bonds. The first-order valence-electron chi connectivity index (χ1n) is 5.34. The monoisotopic (exact) mass is 222 g/mol. The van der Waals surface area contributed by atoms with Crippen LogP contribution in [0.5, 0.6) is 0 Å². The molecule has 88 valence electrons. The van der Waals surface area contributed by atoms with Crippen LogP contribution in [0, 0.1) is 0 Å². The Balaban J connectivity index is 2.53. The minimum atomic E-state index is -0.551. The van der Waals surface area contributed by atoms with E-state index in [-0.39, 0.29) is 18.6 Å². The minimum absolute atomic E-state index is 0.0899. The molecule has 0 spiro atoms. The van der Waals surface area contributed by atoms with Gasteiger partial charge in [0.25, 0.3) is 0 Å². The third-order valence-electron chi connectivity index (χ3n) is 2.31. The summed E-state index contributed by atoms with van der Waals surface area (Å²) in [5.41, 5.74) is 6.51. The van der Waals surface area contributed by atoms with E-state index in [0.717, 1.165) is 5.56 Å². The van der Waals surface area contributed by atoms with Crippen LogP contribution >= 0.6 is 0 Å². The molecule has 0 unspecified atom stereocenters. The van der Waals surface area contributed by atoms with E-state index in [1.807, 2.05) is 30.3 Å². The molecule has 0 aliphatic carbocycles. The highest BCUT2D eigenvalue weighted by Gasteiger charge is 2.14. The number of hydrogen-bond donors (Lipinski definition) is 3. The first-order chi connectivity index (χ1) is 7.63. The van der Waals surface area contributed by atoms with Gasteiger partial charge in [0.1, 0.15) is 0 Å². The molecule has 0 aliphatic heterocycles. The average molecular weight is 222 g/mol. The highest BCUT2D eigenvalue weighted by atomic mass is 16.3. The predicted molar refractivity (Wildman–Crippen MR) is 62.8 cm³/mol. The van der Waals surface area contributed by atoms with E-state index in [1.165, 1.54) is 0 Å². The van der Waals surface area contributed by atoms with Crippen molar-refractivity contribution in [3.05, 3.63) is 35.9 Å². The molecule has 1 rings (SSSR count). The van der Waals surface area contributed by atoms with Gasteiger partial charge in [0.15, 0.2) is 0 Å². The lowest BCUT2D eigenvalue weighted by Gasteiger charge is -2.17. The highest BCUT2D eigenvalue weighted by Crippen LogP contribution is 2.02. The number of aliphatic hydroxyl groups excluding tert-OH is 1. The van der Waals surface area contributed by atoms with Crippen molar-refractivity contribution in [2.24, 2.45) is 5.73 Å². The van der Waals surface area contributed by atoms with Gasteiger partial charge in [-0.2, -0.15) is 0 Å². The molecule has 4 nitrogen and oxygen atoms in total. The molecule has 1 aromatic rings. The molecule has 2 atom stereocenters. The van der Waals surface area contributed by atoms with E-state index in [0.29, 0.717) is 6.42 Å². The average Bonchev–Trinajstić information content (AvgIpc) is 2.29. The maximum absolute atomic E-state index is 11.4. The Kier molecular flexibility index (Phi) is 4.95. The van der Waals surface area contributed by atoms with Gasteiger partial charge in [-0.25, -0.2) is 0 Å². The number of hydrogen-bond acceptors (Lipinski definition) is 3. The molecule has 4 N–H and O–H groups in total. The van der Waals surface area contributed by atoms with Crippen molar-refractivity contribution >= 4 is 5.91 Å². The molecule has 1 aromatic carbocycles. The van der Waals surface area contributed by atoms with Crippen LogP contribution in [0.1, 0.15) is 12.5 Å². The second-order valence-corrected chi connectivity index (χ2v) is 3.87. The fourth-order valence-electron chi connectivity index (χ4n) is 1.39. The van der Waals surface area contributed by atoms with Gasteiger partial charge in [-0.3, -0.25) is 4.79 Å². The van der Waals surface area contributed by atoms with Crippen molar-refractivity contribution in [2.45, 2.75) is 25.4 Å². The molecule has 16 heavy (non-hydrogen) atoms. The van der Waals surface area contributed by atoms with Gasteiger partial charge >= 0.3 is 0 Å². The van der Waals surface area contributed by atoms with Crippen LogP contribution in [0.25, 0.3) is 0 Å². The number of carbonyl (C=O) groups excluding carboxylic acids is 1. The first kappa shape index (κ1) is 12.7. The fourth-order valence-corrected chi connectivity index (χ4v) is 1.39. The second kappa shape index (κ2) is 6.25. The summed E-state index contributed by atoms with van der Waals surface area (Å²) in [4.78, 5) is 11.4. The lowest BCUT2D eigenvalue weighted by molar-refractivity contribution is -0.123. The number of rotatable bonds is 5. The molecular weight excluding hydrogens is 204 g/mol.